The summed E-state index contributed by atoms with van der Waals surface area (Å²) >= 11 is 0. The molecule has 18 heavy (non-hydrogen) atoms. The molecule has 0 fully saturated rings. The molecule has 5 nitrogen and oxygen atoms in total. The van der Waals surface area contributed by atoms with Crippen molar-refractivity contribution in [2.45, 2.75) is 13.8 Å². The molecule has 1 aromatic carbocycles. The number of aromatic nitrogens is 2. The van der Waals surface area contributed by atoms with Gasteiger partial charge in [-0.1, -0.05) is 12.1 Å². The highest BCUT2D eigenvalue weighted by atomic mass is 16.2. The zero-order chi connectivity index (χ0) is 13.3. The summed E-state index contributed by atoms with van der Waals surface area (Å²) in [6.45, 7) is 3.77. The standard InChI is InChI=1S/C13H11N3O2/c1-8-3-4-9(2)11(5-8)16-7-10(6-14)12(17)15-13(16)18/h3-5,7H,1-2H3,(H,15,17,18). The van der Waals surface area contributed by atoms with Gasteiger partial charge in [-0.05, 0) is 31.0 Å². The maximum atomic E-state index is 11.8. The molecule has 0 unspecified atom stereocenters. The van der Waals surface area contributed by atoms with Crippen molar-refractivity contribution in [3.8, 4) is 11.8 Å². The van der Waals surface area contributed by atoms with Crippen LogP contribution in [0.15, 0.2) is 34.0 Å². The predicted octanol–water partition coefficient (Wildman–Crippen LogP) is 1.01. The van der Waals surface area contributed by atoms with Gasteiger partial charge in [-0.25, -0.2) is 4.79 Å². The van der Waals surface area contributed by atoms with Crippen molar-refractivity contribution in [3.63, 3.8) is 0 Å². The van der Waals surface area contributed by atoms with Crippen molar-refractivity contribution < 1.29 is 0 Å². The van der Waals surface area contributed by atoms with Crippen molar-refractivity contribution in [3.05, 3.63) is 61.9 Å². The Morgan fingerprint density at radius 1 is 1.28 bits per heavy atom. The summed E-state index contributed by atoms with van der Waals surface area (Å²) in [6.07, 6.45) is 1.27. The van der Waals surface area contributed by atoms with Gasteiger partial charge in [0.15, 0.2) is 0 Å². The average molecular weight is 241 g/mol. The third kappa shape index (κ3) is 1.96. The molecule has 0 aliphatic heterocycles. The molecule has 0 amide bonds. The van der Waals surface area contributed by atoms with Crippen LogP contribution in [0.1, 0.15) is 16.7 Å². The number of benzene rings is 1. The van der Waals surface area contributed by atoms with Gasteiger partial charge >= 0.3 is 5.69 Å². The number of rotatable bonds is 1. The normalized spacial score (nSPS) is 10.1. The number of hydrogen-bond acceptors (Lipinski definition) is 3. The number of nitrogens with one attached hydrogen (secondary N) is 1. The molecule has 0 saturated heterocycles. The SMILES string of the molecule is Cc1ccc(C)c(-n2cc(C#N)c(=O)[nH]c2=O)c1. The maximum absolute atomic E-state index is 11.8. The summed E-state index contributed by atoms with van der Waals surface area (Å²) in [5.41, 5.74) is 1.24. The zero-order valence-electron chi connectivity index (χ0n) is 10.0. The molecule has 0 bridgehead atoms. The molecule has 1 heterocycles. The van der Waals surface area contributed by atoms with Crippen LogP contribution in [0.2, 0.25) is 0 Å². The number of nitrogens with zero attached hydrogens (tertiary/aromatic N) is 2. The first-order valence-electron chi connectivity index (χ1n) is 5.36. The van der Waals surface area contributed by atoms with E-state index < -0.39 is 11.2 Å². The van der Waals surface area contributed by atoms with Crippen LogP contribution in [0.5, 0.6) is 0 Å². The Balaban J connectivity index is 2.80. The van der Waals surface area contributed by atoms with Gasteiger partial charge in [0.05, 0.1) is 5.69 Å². The van der Waals surface area contributed by atoms with Gasteiger partial charge in [0, 0.05) is 6.20 Å². The average Bonchev–Trinajstić information content (AvgIpc) is 2.33. The van der Waals surface area contributed by atoms with Gasteiger partial charge < -0.3 is 0 Å². The molecule has 0 aliphatic carbocycles. The monoisotopic (exact) mass is 241 g/mol. The van der Waals surface area contributed by atoms with Crippen molar-refractivity contribution in [1.82, 2.24) is 9.55 Å². The van der Waals surface area contributed by atoms with Crippen LogP contribution in [0.3, 0.4) is 0 Å². The molecule has 1 N–H and O–H groups in total. The Morgan fingerprint density at radius 2 is 2.00 bits per heavy atom. The summed E-state index contributed by atoms with van der Waals surface area (Å²) in [7, 11) is 0. The first-order valence-corrected chi connectivity index (χ1v) is 5.36. The summed E-state index contributed by atoms with van der Waals surface area (Å²) < 4.78 is 1.28. The summed E-state index contributed by atoms with van der Waals surface area (Å²) in [6, 6.07) is 7.41. The second-order valence-electron chi connectivity index (χ2n) is 4.07. The topological polar surface area (TPSA) is 78.7 Å². The van der Waals surface area contributed by atoms with Crippen molar-refractivity contribution in [2.75, 3.05) is 0 Å². The Bertz CT molecular complexity index is 763. The Morgan fingerprint density at radius 3 is 2.67 bits per heavy atom. The van der Waals surface area contributed by atoms with Crippen LogP contribution in [0, 0.1) is 25.2 Å². The number of nitriles is 1. The largest absolute Gasteiger partial charge is 0.332 e. The highest BCUT2D eigenvalue weighted by Gasteiger charge is 2.08. The highest BCUT2D eigenvalue weighted by Crippen LogP contribution is 2.13. The van der Waals surface area contributed by atoms with Crippen LogP contribution < -0.4 is 11.2 Å². The minimum atomic E-state index is -0.663. The Hall–Kier alpha value is -2.61. The third-order valence-corrected chi connectivity index (χ3v) is 2.69. The lowest BCUT2D eigenvalue weighted by atomic mass is 10.1. The number of hydrogen-bond donors (Lipinski definition) is 1. The van der Waals surface area contributed by atoms with E-state index in [4.69, 9.17) is 5.26 Å². The number of H-pyrrole nitrogens is 1. The molecule has 0 spiro atoms. The second-order valence-corrected chi connectivity index (χ2v) is 4.07. The van der Waals surface area contributed by atoms with Crippen LogP contribution in [-0.4, -0.2) is 9.55 Å². The first kappa shape index (κ1) is 11.9. The molecule has 0 aliphatic rings. The van der Waals surface area contributed by atoms with Gasteiger partial charge in [0.1, 0.15) is 11.6 Å². The van der Waals surface area contributed by atoms with Gasteiger partial charge in [0.25, 0.3) is 5.56 Å². The molecule has 90 valence electrons. The fourth-order valence-corrected chi connectivity index (χ4v) is 1.71. The van der Waals surface area contributed by atoms with Crippen LogP contribution in [0.25, 0.3) is 5.69 Å². The Kier molecular flexibility index (Phi) is 2.86. The van der Waals surface area contributed by atoms with E-state index in [1.54, 1.807) is 6.07 Å². The lowest BCUT2D eigenvalue weighted by Gasteiger charge is -2.09. The van der Waals surface area contributed by atoms with Crippen LogP contribution in [-0.2, 0) is 0 Å². The van der Waals surface area contributed by atoms with Crippen LogP contribution >= 0.6 is 0 Å². The molecule has 0 atom stereocenters. The lowest BCUT2D eigenvalue weighted by Crippen LogP contribution is -2.30. The first-order chi connectivity index (χ1) is 8.52. The van der Waals surface area contributed by atoms with Crippen molar-refractivity contribution in [2.24, 2.45) is 0 Å². The van der Waals surface area contributed by atoms with E-state index in [-0.39, 0.29) is 5.56 Å². The van der Waals surface area contributed by atoms with Gasteiger partial charge in [0.2, 0.25) is 0 Å². The van der Waals surface area contributed by atoms with Gasteiger partial charge in [-0.2, -0.15) is 5.26 Å². The van der Waals surface area contributed by atoms with Gasteiger partial charge in [-0.15, -0.1) is 0 Å². The lowest BCUT2D eigenvalue weighted by molar-refractivity contribution is 0.882. The number of aromatic amines is 1. The molecular formula is C13H11N3O2. The van der Waals surface area contributed by atoms with Crippen molar-refractivity contribution in [1.29, 1.82) is 5.26 Å². The van der Waals surface area contributed by atoms with E-state index in [1.807, 2.05) is 32.0 Å². The van der Waals surface area contributed by atoms with E-state index in [2.05, 4.69) is 4.98 Å². The van der Waals surface area contributed by atoms with Gasteiger partial charge in [-0.3, -0.25) is 14.3 Å². The quantitative estimate of drug-likeness (QED) is 0.809. The van der Waals surface area contributed by atoms with Crippen molar-refractivity contribution >= 4 is 0 Å². The fraction of sp³-hybridized carbons (Fsp3) is 0.154. The van der Waals surface area contributed by atoms with Crippen LogP contribution in [0.4, 0.5) is 0 Å². The molecule has 2 rings (SSSR count). The molecular weight excluding hydrogens is 230 g/mol. The fourth-order valence-electron chi connectivity index (χ4n) is 1.71. The number of aryl methyl sites for hydroxylation is 2. The third-order valence-electron chi connectivity index (χ3n) is 2.69. The minimum Gasteiger partial charge on any atom is -0.273 e. The predicted molar refractivity (Wildman–Crippen MR) is 66.8 cm³/mol. The zero-order valence-corrected chi connectivity index (χ0v) is 10.0. The molecule has 2 aromatic rings. The van der Waals surface area contributed by atoms with E-state index in [1.165, 1.54) is 10.8 Å². The molecule has 5 heteroatoms. The smallest absolute Gasteiger partial charge is 0.273 e. The molecule has 0 saturated carbocycles. The minimum absolute atomic E-state index is 0.0875. The maximum Gasteiger partial charge on any atom is 0.332 e. The van der Waals surface area contributed by atoms with E-state index in [0.29, 0.717) is 5.69 Å². The van der Waals surface area contributed by atoms with E-state index >= 15 is 0 Å². The molecule has 1 aromatic heterocycles. The second kappa shape index (κ2) is 4.34. The van der Waals surface area contributed by atoms with E-state index in [9.17, 15) is 9.59 Å². The summed E-state index contributed by atoms with van der Waals surface area (Å²) in [4.78, 5) is 25.2. The Labute approximate surface area is 103 Å². The summed E-state index contributed by atoms with van der Waals surface area (Å²) in [5.74, 6) is 0. The molecule has 0 radical (unpaired) electrons. The summed E-state index contributed by atoms with van der Waals surface area (Å²) in [5, 5.41) is 8.82. The highest BCUT2D eigenvalue weighted by molar-refractivity contribution is 5.43. The van der Waals surface area contributed by atoms with E-state index in [0.717, 1.165) is 11.1 Å².